The number of nitrogens with zero attached hydrogens (tertiary/aromatic N) is 4. The van der Waals surface area contributed by atoms with E-state index in [0.717, 1.165) is 84.7 Å². The van der Waals surface area contributed by atoms with Gasteiger partial charge in [0.2, 0.25) is 0 Å². The normalized spacial score (nSPS) is 21.0. The number of thiophene rings is 1. The van der Waals surface area contributed by atoms with Crippen molar-refractivity contribution < 1.29 is 9.59 Å². The second-order valence-corrected chi connectivity index (χ2v) is 13.3. The summed E-state index contributed by atoms with van der Waals surface area (Å²) in [6.45, 7) is 7.24. The Hall–Kier alpha value is -3.81. The van der Waals surface area contributed by atoms with Crippen molar-refractivity contribution >= 4 is 28.6 Å². The fraction of sp³-hybridized carbons (Fsp3) is 0.361. The standard InChI is InChI=1S/C36H38N4O2S/c1-24-18-25(2)20-28(19-24)36(42)40-15-10-29(22-30(40)21-26-6-4-3-5-7-26)38-13-8-27(9-14-38)33-31-11-17-43-34(31)32(41)23-39-16-12-37-35(33)39/h3-7,11-12,16-20,29-30H,8-10,13-15,21-23H2,1-2H3. The molecule has 2 aromatic heterocycles. The van der Waals surface area contributed by atoms with E-state index in [0.29, 0.717) is 12.6 Å². The van der Waals surface area contributed by atoms with E-state index in [1.54, 1.807) is 11.3 Å². The number of piperidine rings is 2. The van der Waals surface area contributed by atoms with Crippen molar-refractivity contribution in [3.63, 3.8) is 0 Å². The van der Waals surface area contributed by atoms with Gasteiger partial charge in [-0.2, -0.15) is 0 Å². The molecule has 220 valence electrons. The Balaban J connectivity index is 1.12. The van der Waals surface area contributed by atoms with Gasteiger partial charge in [-0.1, -0.05) is 53.1 Å². The number of hydrogen-bond acceptors (Lipinski definition) is 5. The topological polar surface area (TPSA) is 58.4 Å². The Morgan fingerprint density at radius 1 is 1.00 bits per heavy atom. The van der Waals surface area contributed by atoms with Crippen molar-refractivity contribution in [2.75, 3.05) is 19.6 Å². The predicted octanol–water partition coefficient (Wildman–Crippen LogP) is 6.57. The molecule has 2 saturated heterocycles. The Labute approximate surface area is 257 Å². The molecule has 0 radical (unpaired) electrons. The molecule has 2 atom stereocenters. The minimum atomic E-state index is 0.154. The third-order valence-corrected chi connectivity index (χ3v) is 10.4. The smallest absolute Gasteiger partial charge is 0.254 e. The highest BCUT2D eigenvalue weighted by Crippen LogP contribution is 2.39. The highest BCUT2D eigenvalue weighted by atomic mass is 32.1. The number of Topliss-reactive ketones (excluding diaryl/α,β-unsaturated/α-hetero) is 1. The molecule has 0 bridgehead atoms. The molecule has 3 aliphatic heterocycles. The van der Waals surface area contributed by atoms with Crippen LogP contribution in [0.1, 0.15) is 73.8 Å². The Morgan fingerprint density at radius 3 is 2.53 bits per heavy atom. The zero-order valence-corrected chi connectivity index (χ0v) is 25.8. The number of carbonyl (C=O) groups is 2. The molecule has 4 aromatic rings. The molecule has 3 aliphatic rings. The molecule has 5 heterocycles. The summed E-state index contributed by atoms with van der Waals surface area (Å²) in [7, 11) is 0. The average molecular weight is 591 g/mol. The first-order valence-corrected chi connectivity index (χ1v) is 16.3. The first-order valence-electron chi connectivity index (χ1n) is 15.5. The molecule has 0 N–H and O–H groups in total. The fourth-order valence-corrected chi connectivity index (χ4v) is 8.30. The molecule has 1 amide bonds. The number of hydrogen-bond donors (Lipinski definition) is 0. The molecule has 2 aromatic carbocycles. The number of aromatic nitrogens is 2. The fourth-order valence-electron chi connectivity index (χ4n) is 7.46. The second kappa shape index (κ2) is 11.7. The second-order valence-electron chi connectivity index (χ2n) is 12.4. The lowest BCUT2D eigenvalue weighted by atomic mass is 9.87. The molecule has 7 heteroatoms. The zero-order chi connectivity index (χ0) is 29.5. The molecule has 43 heavy (non-hydrogen) atoms. The third-order valence-electron chi connectivity index (χ3n) is 9.44. The van der Waals surface area contributed by atoms with Gasteiger partial charge >= 0.3 is 0 Å². The first-order chi connectivity index (χ1) is 20.9. The van der Waals surface area contributed by atoms with Gasteiger partial charge < -0.3 is 9.47 Å². The third kappa shape index (κ3) is 5.52. The van der Waals surface area contributed by atoms with Crippen LogP contribution in [0.25, 0.3) is 5.57 Å². The highest BCUT2D eigenvalue weighted by molar-refractivity contribution is 7.12. The highest BCUT2D eigenvalue weighted by Gasteiger charge is 2.36. The number of benzene rings is 2. The first kappa shape index (κ1) is 28.0. The van der Waals surface area contributed by atoms with Gasteiger partial charge in [-0.15, -0.1) is 11.3 Å². The number of likely N-dealkylation sites (tertiary alicyclic amines) is 2. The van der Waals surface area contributed by atoms with Crippen LogP contribution in [-0.4, -0.2) is 62.8 Å². The summed E-state index contributed by atoms with van der Waals surface area (Å²) in [6, 6.07) is 19.5. The van der Waals surface area contributed by atoms with Gasteiger partial charge in [-0.3, -0.25) is 14.5 Å². The molecule has 6 nitrogen and oxygen atoms in total. The lowest BCUT2D eigenvalue weighted by Gasteiger charge is -2.45. The van der Waals surface area contributed by atoms with Crippen LogP contribution in [0.2, 0.25) is 0 Å². The summed E-state index contributed by atoms with van der Waals surface area (Å²) in [4.78, 5) is 37.2. The average Bonchev–Trinajstić information content (AvgIpc) is 3.66. The van der Waals surface area contributed by atoms with E-state index < -0.39 is 0 Å². The molecular formula is C36H38N4O2S. The van der Waals surface area contributed by atoms with Crippen molar-refractivity contribution in [1.29, 1.82) is 0 Å². The summed E-state index contributed by atoms with van der Waals surface area (Å²) < 4.78 is 2.01. The minimum absolute atomic E-state index is 0.154. The van der Waals surface area contributed by atoms with Crippen LogP contribution in [0.15, 0.2) is 77.9 Å². The number of rotatable bonds is 4. The van der Waals surface area contributed by atoms with Crippen LogP contribution in [0.3, 0.4) is 0 Å². The van der Waals surface area contributed by atoms with Crippen LogP contribution in [0.4, 0.5) is 0 Å². The maximum absolute atomic E-state index is 13.9. The molecule has 2 fully saturated rings. The molecule has 0 spiro atoms. The minimum Gasteiger partial charge on any atom is -0.335 e. The Morgan fingerprint density at radius 2 is 1.77 bits per heavy atom. The number of fused-ring (bicyclic) bond motifs is 2. The zero-order valence-electron chi connectivity index (χ0n) is 25.0. The summed E-state index contributed by atoms with van der Waals surface area (Å²) in [5.41, 5.74) is 7.98. The lowest BCUT2D eigenvalue weighted by molar-refractivity contribution is 0.0419. The van der Waals surface area contributed by atoms with Crippen LogP contribution in [0.5, 0.6) is 0 Å². The SMILES string of the molecule is Cc1cc(C)cc(C(=O)N2CCC(N3CCC(=C4c5ccsc5C(=O)Cn5ccnc54)CC3)CC2Cc2ccccc2)c1. The van der Waals surface area contributed by atoms with Gasteiger partial charge in [0.15, 0.2) is 5.78 Å². The van der Waals surface area contributed by atoms with E-state index in [1.807, 2.05) is 34.5 Å². The number of carbonyl (C=O) groups excluding carboxylic acids is 2. The van der Waals surface area contributed by atoms with Crippen molar-refractivity contribution in [3.8, 4) is 0 Å². The van der Waals surface area contributed by atoms with Crippen LogP contribution in [-0.2, 0) is 13.0 Å². The van der Waals surface area contributed by atoms with Gasteiger partial charge in [0.25, 0.3) is 5.91 Å². The Bertz CT molecular complexity index is 1670. The monoisotopic (exact) mass is 590 g/mol. The summed E-state index contributed by atoms with van der Waals surface area (Å²) >= 11 is 1.55. The van der Waals surface area contributed by atoms with E-state index in [9.17, 15) is 9.59 Å². The summed E-state index contributed by atoms with van der Waals surface area (Å²) in [5, 5.41) is 2.04. The lowest BCUT2D eigenvalue weighted by Crippen LogP contribution is -2.53. The van der Waals surface area contributed by atoms with Gasteiger partial charge in [0.05, 0.1) is 11.4 Å². The molecular weight excluding hydrogens is 552 g/mol. The molecule has 7 rings (SSSR count). The van der Waals surface area contributed by atoms with Crippen LogP contribution >= 0.6 is 11.3 Å². The largest absolute Gasteiger partial charge is 0.335 e. The van der Waals surface area contributed by atoms with Crippen molar-refractivity contribution in [2.24, 2.45) is 0 Å². The maximum atomic E-state index is 13.9. The maximum Gasteiger partial charge on any atom is 0.254 e. The van der Waals surface area contributed by atoms with E-state index in [4.69, 9.17) is 4.98 Å². The van der Waals surface area contributed by atoms with Gasteiger partial charge in [0, 0.05) is 60.8 Å². The molecule has 0 saturated carbocycles. The summed E-state index contributed by atoms with van der Waals surface area (Å²) in [5.74, 6) is 1.25. The predicted molar refractivity (Wildman–Crippen MR) is 172 cm³/mol. The van der Waals surface area contributed by atoms with Crippen molar-refractivity contribution in [1.82, 2.24) is 19.4 Å². The van der Waals surface area contributed by atoms with Crippen molar-refractivity contribution in [2.45, 2.75) is 64.6 Å². The van der Waals surface area contributed by atoms with E-state index >= 15 is 0 Å². The van der Waals surface area contributed by atoms with Gasteiger partial charge in [-0.25, -0.2) is 4.98 Å². The molecule has 0 aliphatic carbocycles. The van der Waals surface area contributed by atoms with E-state index in [-0.39, 0.29) is 17.7 Å². The van der Waals surface area contributed by atoms with Gasteiger partial charge in [0.1, 0.15) is 5.82 Å². The Kier molecular flexibility index (Phi) is 7.62. The van der Waals surface area contributed by atoms with Gasteiger partial charge in [-0.05, 0) is 75.1 Å². The molecule has 2 unspecified atom stereocenters. The van der Waals surface area contributed by atoms with Crippen LogP contribution < -0.4 is 0 Å². The quantitative estimate of drug-likeness (QED) is 0.270. The van der Waals surface area contributed by atoms with Crippen LogP contribution in [0, 0.1) is 13.8 Å². The number of aryl methyl sites for hydroxylation is 2. The number of amides is 1. The summed E-state index contributed by atoms with van der Waals surface area (Å²) in [6.07, 6.45) is 8.52. The van der Waals surface area contributed by atoms with E-state index in [2.05, 4.69) is 66.1 Å². The number of imidazole rings is 1. The van der Waals surface area contributed by atoms with Crippen molar-refractivity contribution in [3.05, 3.63) is 116 Å². The van der Waals surface area contributed by atoms with E-state index in [1.165, 1.54) is 16.7 Å². The number of ketones is 1.